The van der Waals surface area contributed by atoms with Crippen LogP contribution < -0.4 is 5.32 Å². The molecule has 0 aliphatic rings. The second-order valence-corrected chi connectivity index (χ2v) is 6.33. The molecule has 2 aromatic heterocycles. The molecular weight excluding hydrogens is 292 g/mol. The van der Waals surface area contributed by atoms with Gasteiger partial charge >= 0.3 is 0 Å². The van der Waals surface area contributed by atoms with E-state index in [1.165, 1.54) is 4.88 Å². The van der Waals surface area contributed by atoms with Crippen LogP contribution in [0.3, 0.4) is 0 Å². The summed E-state index contributed by atoms with van der Waals surface area (Å²) in [4.78, 5) is 5.79. The van der Waals surface area contributed by atoms with E-state index in [2.05, 4.69) is 36.2 Å². The maximum absolute atomic E-state index is 6.35. The van der Waals surface area contributed by atoms with Crippen molar-refractivity contribution in [2.24, 2.45) is 7.05 Å². The van der Waals surface area contributed by atoms with Crippen molar-refractivity contribution in [2.45, 2.75) is 46.2 Å². The highest BCUT2D eigenvalue weighted by Gasteiger charge is 2.15. The second kappa shape index (κ2) is 6.70. The van der Waals surface area contributed by atoms with Crippen molar-refractivity contribution in [2.75, 3.05) is 0 Å². The fourth-order valence-corrected chi connectivity index (χ4v) is 3.28. The lowest BCUT2D eigenvalue weighted by molar-refractivity contribution is 0.546. The molecule has 1 unspecified atom stereocenters. The summed E-state index contributed by atoms with van der Waals surface area (Å²) >= 11 is 8.11. The van der Waals surface area contributed by atoms with Gasteiger partial charge in [0.2, 0.25) is 0 Å². The van der Waals surface area contributed by atoms with Crippen LogP contribution in [-0.4, -0.2) is 14.8 Å². The average Bonchev–Trinajstić information content (AvgIpc) is 3.02. The van der Waals surface area contributed by atoms with E-state index in [-0.39, 0.29) is 6.04 Å². The molecule has 110 valence electrons. The largest absolute Gasteiger partial charge is 0.302 e. The van der Waals surface area contributed by atoms with Gasteiger partial charge in [-0.05, 0) is 19.8 Å². The summed E-state index contributed by atoms with van der Waals surface area (Å²) in [5.74, 6) is 0. The molecule has 2 rings (SSSR count). The quantitative estimate of drug-likeness (QED) is 0.887. The smallest absolute Gasteiger partial charge is 0.109 e. The number of hydrogen-bond acceptors (Lipinski definition) is 4. The molecule has 4 nitrogen and oxygen atoms in total. The van der Waals surface area contributed by atoms with Gasteiger partial charge in [-0.15, -0.1) is 11.3 Å². The minimum atomic E-state index is 0.219. The van der Waals surface area contributed by atoms with Crippen molar-refractivity contribution >= 4 is 22.9 Å². The van der Waals surface area contributed by atoms with Gasteiger partial charge in [0.15, 0.2) is 0 Å². The lowest BCUT2D eigenvalue weighted by Crippen LogP contribution is -2.19. The zero-order valence-corrected chi connectivity index (χ0v) is 14.0. The van der Waals surface area contributed by atoms with E-state index in [4.69, 9.17) is 11.6 Å². The maximum Gasteiger partial charge on any atom is 0.109 e. The van der Waals surface area contributed by atoms with E-state index in [1.807, 2.05) is 17.9 Å². The van der Waals surface area contributed by atoms with Crippen molar-refractivity contribution in [1.29, 1.82) is 0 Å². The Balaban J connectivity index is 2.03. The van der Waals surface area contributed by atoms with E-state index in [0.717, 1.165) is 34.3 Å². The van der Waals surface area contributed by atoms with Gasteiger partial charge in [-0.1, -0.05) is 25.4 Å². The average molecular weight is 313 g/mol. The maximum atomic E-state index is 6.35. The number of halogens is 1. The lowest BCUT2D eigenvalue weighted by atomic mass is 10.3. The SMILES string of the molecule is CCc1cnc(C(C)NCc2c(Cl)c(CC)nn2C)s1. The molecule has 0 fully saturated rings. The number of thiazole rings is 1. The molecule has 20 heavy (non-hydrogen) atoms. The van der Waals surface area contributed by atoms with Crippen molar-refractivity contribution < 1.29 is 0 Å². The summed E-state index contributed by atoms with van der Waals surface area (Å²) in [6.45, 7) is 7.04. The molecule has 0 aliphatic heterocycles. The molecule has 2 aromatic rings. The van der Waals surface area contributed by atoms with Crippen LogP contribution in [0.5, 0.6) is 0 Å². The molecule has 2 heterocycles. The van der Waals surface area contributed by atoms with E-state index in [0.29, 0.717) is 6.54 Å². The zero-order valence-electron chi connectivity index (χ0n) is 12.4. The Bertz CT molecular complexity index is 576. The third-order valence-corrected chi connectivity index (χ3v) is 5.13. The Hall–Kier alpha value is -0.910. The molecule has 1 N–H and O–H groups in total. The number of nitrogens with zero attached hydrogens (tertiary/aromatic N) is 3. The molecule has 0 bridgehead atoms. The Morgan fingerprint density at radius 2 is 2.15 bits per heavy atom. The van der Waals surface area contributed by atoms with Gasteiger partial charge in [0.1, 0.15) is 5.01 Å². The van der Waals surface area contributed by atoms with E-state index in [1.54, 1.807) is 11.3 Å². The van der Waals surface area contributed by atoms with Crippen molar-refractivity contribution in [1.82, 2.24) is 20.1 Å². The molecule has 0 amide bonds. The van der Waals surface area contributed by atoms with E-state index < -0.39 is 0 Å². The van der Waals surface area contributed by atoms with E-state index >= 15 is 0 Å². The van der Waals surface area contributed by atoms with Gasteiger partial charge in [-0.3, -0.25) is 4.68 Å². The Morgan fingerprint density at radius 1 is 1.40 bits per heavy atom. The topological polar surface area (TPSA) is 42.7 Å². The van der Waals surface area contributed by atoms with Gasteiger partial charge in [0, 0.05) is 24.7 Å². The first-order chi connectivity index (χ1) is 9.56. The standard InChI is InChI=1S/C14H21ClN4S/c1-5-10-7-17-14(20-10)9(3)16-8-12-13(15)11(6-2)18-19(12)4/h7,9,16H,5-6,8H2,1-4H3. The fraction of sp³-hybridized carbons (Fsp3) is 0.571. The summed E-state index contributed by atoms with van der Waals surface area (Å²) in [7, 11) is 1.94. The second-order valence-electron chi connectivity index (χ2n) is 4.81. The van der Waals surface area contributed by atoms with Gasteiger partial charge in [0.25, 0.3) is 0 Å². The van der Waals surface area contributed by atoms with Crippen molar-refractivity contribution in [3.8, 4) is 0 Å². The van der Waals surface area contributed by atoms with Gasteiger partial charge in [-0.2, -0.15) is 5.10 Å². The highest BCUT2D eigenvalue weighted by atomic mass is 35.5. The molecule has 0 saturated carbocycles. The van der Waals surface area contributed by atoms with Crippen LogP contribution >= 0.6 is 22.9 Å². The third kappa shape index (κ3) is 3.22. The number of aryl methyl sites for hydroxylation is 3. The minimum Gasteiger partial charge on any atom is -0.302 e. The molecule has 6 heteroatoms. The van der Waals surface area contributed by atoms with Crippen LogP contribution in [0.15, 0.2) is 6.20 Å². The van der Waals surface area contributed by atoms with Crippen LogP contribution in [0.1, 0.15) is 48.1 Å². The van der Waals surface area contributed by atoms with Crippen LogP contribution in [-0.2, 0) is 26.4 Å². The lowest BCUT2D eigenvalue weighted by Gasteiger charge is -2.11. The highest BCUT2D eigenvalue weighted by molar-refractivity contribution is 7.11. The number of rotatable bonds is 6. The predicted molar refractivity (Wildman–Crippen MR) is 84.3 cm³/mol. The van der Waals surface area contributed by atoms with Crippen LogP contribution in [0, 0.1) is 0 Å². The molecule has 0 aromatic carbocycles. The van der Waals surface area contributed by atoms with E-state index in [9.17, 15) is 0 Å². The Labute approximate surface area is 129 Å². The van der Waals surface area contributed by atoms with Gasteiger partial charge < -0.3 is 5.32 Å². The molecule has 0 aliphatic carbocycles. The summed E-state index contributed by atoms with van der Waals surface area (Å²) in [5.41, 5.74) is 1.99. The first-order valence-electron chi connectivity index (χ1n) is 6.95. The first kappa shape index (κ1) is 15.5. The molecular formula is C14H21ClN4S. The Kier molecular flexibility index (Phi) is 5.18. The monoisotopic (exact) mass is 312 g/mol. The van der Waals surface area contributed by atoms with Crippen LogP contribution in [0.25, 0.3) is 0 Å². The molecule has 0 spiro atoms. The van der Waals surface area contributed by atoms with Crippen LogP contribution in [0.2, 0.25) is 5.02 Å². The van der Waals surface area contributed by atoms with Gasteiger partial charge in [-0.25, -0.2) is 4.98 Å². The fourth-order valence-electron chi connectivity index (χ4n) is 2.04. The van der Waals surface area contributed by atoms with Crippen molar-refractivity contribution in [3.63, 3.8) is 0 Å². The third-order valence-electron chi connectivity index (χ3n) is 3.37. The number of aromatic nitrogens is 3. The molecule has 1 atom stereocenters. The number of nitrogens with one attached hydrogen (secondary N) is 1. The minimum absolute atomic E-state index is 0.219. The normalized spacial score (nSPS) is 12.8. The summed E-state index contributed by atoms with van der Waals surface area (Å²) < 4.78 is 1.86. The predicted octanol–water partition coefficient (Wildman–Crippen LogP) is 3.51. The van der Waals surface area contributed by atoms with Crippen LogP contribution in [0.4, 0.5) is 0 Å². The summed E-state index contributed by atoms with van der Waals surface area (Å²) in [5, 5.41) is 9.80. The van der Waals surface area contributed by atoms with Gasteiger partial charge in [0.05, 0.1) is 22.5 Å². The first-order valence-corrected chi connectivity index (χ1v) is 8.14. The molecule has 0 saturated heterocycles. The van der Waals surface area contributed by atoms with Crippen molar-refractivity contribution in [3.05, 3.63) is 32.5 Å². The zero-order chi connectivity index (χ0) is 14.7. The Morgan fingerprint density at radius 3 is 2.70 bits per heavy atom. The highest BCUT2D eigenvalue weighted by Crippen LogP contribution is 2.23. The summed E-state index contributed by atoms with van der Waals surface area (Å²) in [6, 6.07) is 0.219. The summed E-state index contributed by atoms with van der Waals surface area (Å²) in [6.07, 6.45) is 3.86. The molecule has 0 radical (unpaired) electrons. The number of hydrogen-bond donors (Lipinski definition) is 1.